The minimum atomic E-state index is 0.443. The van der Waals surface area contributed by atoms with E-state index in [1.807, 2.05) is 6.07 Å². The summed E-state index contributed by atoms with van der Waals surface area (Å²) in [6.07, 6.45) is 1.66. The number of nitrogens with zero attached hydrogens (tertiary/aromatic N) is 2. The molecular formula is C10H14ClN3O. The molecule has 82 valence electrons. The summed E-state index contributed by atoms with van der Waals surface area (Å²) in [5.41, 5.74) is 6.53. The lowest BCUT2D eigenvalue weighted by atomic mass is 10.2. The van der Waals surface area contributed by atoms with E-state index in [1.54, 1.807) is 6.20 Å². The Morgan fingerprint density at radius 2 is 2.20 bits per heavy atom. The fraction of sp³-hybridized carbons (Fsp3) is 0.500. The van der Waals surface area contributed by atoms with Crippen LogP contribution < -0.4 is 10.6 Å². The average Bonchev–Trinajstić information content (AvgIpc) is 2.31. The summed E-state index contributed by atoms with van der Waals surface area (Å²) in [5.74, 6) is 0.933. The van der Waals surface area contributed by atoms with Gasteiger partial charge >= 0.3 is 0 Å². The quantitative estimate of drug-likeness (QED) is 0.820. The molecule has 4 nitrogen and oxygen atoms in total. The number of hydrogen-bond acceptors (Lipinski definition) is 4. The van der Waals surface area contributed by atoms with Crippen molar-refractivity contribution in [3.05, 3.63) is 22.8 Å². The van der Waals surface area contributed by atoms with Crippen molar-refractivity contribution in [3.8, 4) is 0 Å². The molecule has 2 N–H and O–H groups in total. The first-order valence-corrected chi connectivity index (χ1v) is 5.36. The van der Waals surface area contributed by atoms with Gasteiger partial charge in [0.15, 0.2) is 0 Å². The lowest BCUT2D eigenvalue weighted by Crippen LogP contribution is -2.36. The van der Waals surface area contributed by atoms with E-state index in [1.165, 1.54) is 0 Å². The van der Waals surface area contributed by atoms with Gasteiger partial charge in [-0.05, 0) is 11.6 Å². The van der Waals surface area contributed by atoms with Gasteiger partial charge in [0.05, 0.1) is 18.2 Å². The van der Waals surface area contributed by atoms with Gasteiger partial charge in [-0.1, -0.05) is 11.6 Å². The van der Waals surface area contributed by atoms with Gasteiger partial charge in [-0.15, -0.1) is 0 Å². The second kappa shape index (κ2) is 4.79. The van der Waals surface area contributed by atoms with Crippen LogP contribution in [0.4, 0.5) is 5.82 Å². The predicted molar refractivity (Wildman–Crippen MR) is 60.2 cm³/mol. The van der Waals surface area contributed by atoms with Crippen molar-refractivity contribution >= 4 is 17.4 Å². The highest BCUT2D eigenvalue weighted by atomic mass is 35.5. The molecule has 0 radical (unpaired) electrons. The molecule has 1 aromatic rings. The fourth-order valence-corrected chi connectivity index (χ4v) is 1.77. The minimum absolute atomic E-state index is 0.443. The van der Waals surface area contributed by atoms with Crippen LogP contribution in [-0.4, -0.2) is 31.3 Å². The first-order chi connectivity index (χ1) is 7.31. The van der Waals surface area contributed by atoms with Gasteiger partial charge in [0.25, 0.3) is 0 Å². The number of rotatable bonds is 2. The SMILES string of the molecule is NCc1cc(N2CCOCC2)ncc1Cl. The summed E-state index contributed by atoms with van der Waals surface area (Å²) in [4.78, 5) is 6.47. The minimum Gasteiger partial charge on any atom is -0.378 e. The Kier molecular flexibility index (Phi) is 3.41. The normalized spacial score (nSPS) is 16.8. The van der Waals surface area contributed by atoms with E-state index < -0.39 is 0 Å². The van der Waals surface area contributed by atoms with Crippen LogP contribution in [-0.2, 0) is 11.3 Å². The van der Waals surface area contributed by atoms with E-state index in [2.05, 4.69) is 9.88 Å². The summed E-state index contributed by atoms with van der Waals surface area (Å²) >= 11 is 5.95. The predicted octanol–water partition coefficient (Wildman–Crippen LogP) is 1.03. The van der Waals surface area contributed by atoms with Crippen LogP contribution in [0.25, 0.3) is 0 Å². The molecule has 1 aliphatic rings. The van der Waals surface area contributed by atoms with Gasteiger partial charge in [-0.25, -0.2) is 4.98 Å². The van der Waals surface area contributed by atoms with Crippen molar-refractivity contribution in [1.29, 1.82) is 0 Å². The Bertz CT molecular complexity index is 339. The molecule has 1 fully saturated rings. The lowest BCUT2D eigenvalue weighted by molar-refractivity contribution is 0.122. The molecule has 5 heteroatoms. The summed E-state index contributed by atoms with van der Waals surface area (Å²) < 4.78 is 5.28. The maximum Gasteiger partial charge on any atom is 0.129 e. The Morgan fingerprint density at radius 1 is 1.47 bits per heavy atom. The molecule has 2 rings (SSSR count). The van der Waals surface area contributed by atoms with Gasteiger partial charge in [0.2, 0.25) is 0 Å². The maximum atomic E-state index is 5.95. The molecule has 1 saturated heterocycles. The molecule has 0 saturated carbocycles. The van der Waals surface area contributed by atoms with E-state index >= 15 is 0 Å². The zero-order valence-corrected chi connectivity index (χ0v) is 9.20. The fourth-order valence-electron chi connectivity index (χ4n) is 1.59. The van der Waals surface area contributed by atoms with E-state index in [9.17, 15) is 0 Å². The third kappa shape index (κ3) is 2.40. The van der Waals surface area contributed by atoms with Crippen LogP contribution >= 0.6 is 11.6 Å². The monoisotopic (exact) mass is 227 g/mol. The van der Waals surface area contributed by atoms with Gasteiger partial charge < -0.3 is 15.4 Å². The Hall–Kier alpha value is -0.840. The molecule has 0 spiro atoms. The van der Waals surface area contributed by atoms with Crippen molar-refractivity contribution in [2.24, 2.45) is 5.73 Å². The number of pyridine rings is 1. The number of aromatic nitrogens is 1. The molecule has 0 bridgehead atoms. The lowest BCUT2D eigenvalue weighted by Gasteiger charge is -2.28. The standard InChI is InChI=1S/C10H14ClN3O/c11-9-7-13-10(5-8(9)6-12)14-1-3-15-4-2-14/h5,7H,1-4,6,12H2. The molecule has 1 aromatic heterocycles. The van der Waals surface area contributed by atoms with Gasteiger partial charge in [0.1, 0.15) is 5.82 Å². The zero-order chi connectivity index (χ0) is 10.7. The molecule has 0 amide bonds. The van der Waals surface area contributed by atoms with Crippen molar-refractivity contribution in [3.63, 3.8) is 0 Å². The molecular weight excluding hydrogens is 214 g/mol. The van der Waals surface area contributed by atoms with Crippen molar-refractivity contribution in [2.45, 2.75) is 6.54 Å². The van der Waals surface area contributed by atoms with Crippen LogP contribution in [0.2, 0.25) is 5.02 Å². The topological polar surface area (TPSA) is 51.4 Å². The average molecular weight is 228 g/mol. The van der Waals surface area contributed by atoms with Gasteiger partial charge in [-0.2, -0.15) is 0 Å². The number of ether oxygens (including phenoxy) is 1. The highest BCUT2D eigenvalue weighted by Gasteiger charge is 2.13. The molecule has 2 heterocycles. The van der Waals surface area contributed by atoms with E-state index in [-0.39, 0.29) is 0 Å². The van der Waals surface area contributed by atoms with Gasteiger partial charge in [-0.3, -0.25) is 0 Å². The summed E-state index contributed by atoms with van der Waals surface area (Å²) in [7, 11) is 0. The van der Waals surface area contributed by atoms with Gasteiger partial charge in [0, 0.05) is 25.8 Å². The second-order valence-electron chi connectivity index (χ2n) is 3.44. The van der Waals surface area contributed by atoms with Crippen LogP contribution in [0.3, 0.4) is 0 Å². The van der Waals surface area contributed by atoms with Crippen molar-refractivity contribution in [1.82, 2.24) is 4.98 Å². The number of halogens is 1. The third-order valence-electron chi connectivity index (χ3n) is 2.48. The number of morpholine rings is 1. The number of nitrogens with two attached hydrogens (primary N) is 1. The van der Waals surface area contributed by atoms with Crippen LogP contribution in [0, 0.1) is 0 Å². The summed E-state index contributed by atoms with van der Waals surface area (Å²) in [5, 5.41) is 0.634. The highest BCUT2D eigenvalue weighted by Crippen LogP contribution is 2.20. The summed E-state index contributed by atoms with van der Waals surface area (Å²) in [6, 6.07) is 1.95. The van der Waals surface area contributed by atoms with Crippen LogP contribution in [0.1, 0.15) is 5.56 Å². The Morgan fingerprint density at radius 3 is 2.87 bits per heavy atom. The van der Waals surface area contributed by atoms with E-state index in [4.69, 9.17) is 22.1 Å². The maximum absolute atomic E-state index is 5.95. The first kappa shape index (κ1) is 10.7. The Labute approximate surface area is 94.0 Å². The molecule has 1 aliphatic heterocycles. The molecule has 15 heavy (non-hydrogen) atoms. The molecule has 0 aromatic carbocycles. The zero-order valence-electron chi connectivity index (χ0n) is 8.45. The first-order valence-electron chi connectivity index (χ1n) is 4.98. The summed E-state index contributed by atoms with van der Waals surface area (Å²) in [6.45, 7) is 3.69. The molecule has 0 unspecified atom stereocenters. The molecule has 0 atom stereocenters. The third-order valence-corrected chi connectivity index (χ3v) is 2.82. The number of hydrogen-bond donors (Lipinski definition) is 1. The van der Waals surface area contributed by atoms with E-state index in [0.717, 1.165) is 37.7 Å². The van der Waals surface area contributed by atoms with Crippen LogP contribution in [0.5, 0.6) is 0 Å². The largest absolute Gasteiger partial charge is 0.378 e. The van der Waals surface area contributed by atoms with Crippen molar-refractivity contribution < 1.29 is 4.74 Å². The van der Waals surface area contributed by atoms with E-state index in [0.29, 0.717) is 11.6 Å². The highest BCUT2D eigenvalue weighted by molar-refractivity contribution is 6.31. The smallest absolute Gasteiger partial charge is 0.129 e. The number of anilines is 1. The Balaban J connectivity index is 2.20. The molecule has 0 aliphatic carbocycles. The second-order valence-corrected chi connectivity index (χ2v) is 3.84. The van der Waals surface area contributed by atoms with Crippen molar-refractivity contribution in [2.75, 3.05) is 31.2 Å². The van der Waals surface area contributed by atoms with Crippen LogP contribution in [0.15, 0.2) is 12.3 Å².